The van der Waals surface area contributed by atoms with Gasteiger partial charge in [-0.2, -0.15) is 0 Å². The molecule has 0 radical (unpaired) electrons. The molecule has 0 fully saturated rings. The molecule has 0 aromatic heterocycles. The quantitative estimate of drug-likeness (QED) is 0.140. The van der Waals surface area contributed by atoms with Crippen molar-refractivity contribution in [1.29, 1.82) is 0 Å². The third-order valence-electron chi connectivity index (χ3n) is 7.62. The monoisotopic (exact) mass is 561 g/mol. The van der Waals surface area contributed by atoms with Gasteiger partial charge in [0, 0.05) is 54.1 Å². The lowest BCUT2D eigenvalue weighted by atomic mass is 10.0. The van der Waals surface area contributed by atoms with E-state index in [2.05, 4.69) is 131 Å². The van der Waals surface area contributed by atoms with E-state index in [1.165, 1.54) is 11.1 Å². The van der Waals surface area contributed by atoms with Crippen LogP contribution in [-0.4, -0.2) is 12.0 Å². The average molecular weight is 562 g/mol. The number of hydrogen-bond acceptors (Lipinski definition) is 4. The van der Waals surface area contributed by atoms with E-state index in [1.54, 1.807) is 12.2 Å². The van der Waals surface area contributed by atoms with Crippen molar-refractivity contribution in [2.45, 2.75) is 6.42 Å². The van der Waals surface area contributed by atoms with Crippen molar-refractivity contribution in [3.63, 3.8) is 0 Å². The van der Waals surface area contributed by atoms with Crippen molar-refractivity contribution < 1.29 is 4.92 Å². The summed E-state index contributed by atoms with van der Waals surface area (Å²) in [5, 5.41) is 11.2. The molecule has 0 spiro atoms. The highest BCUT2D eigenvalue weighted by molar-refractivity contribution is 5.82. The number of allylic oxidation sites excluding steroid dienone is 4. The Hall–Kier alpha value is -5.68. The Balaban J connectivity index is 1.39. The molecule has 5 heteroatoms. The van der Waals surface area contributed by atoms with E-state index in [1.807, 2.05) is 31.3 Å². The molecule has 0 amide bonds. The molecule has 0 N–H and O–H groups in total. The lowest BCUT2D eigenvalue weighted by Crippen LogP contribution is -2.16. The first-order valence-corrected chi connectivity index (χ1v) is 14.2. The fourth-order valence-corrected chi connectivity index (χ4v) is 5.32. The summed E-state index contributed by atoms with van der Waals surface area (Å²) in [4.78, 5) is 15.2. The standard InChI is InChI=1S/C38H31N3O2/c1-39(33-17-10-18-36(26-23-33)41(42)43)34-21-24-35(25-22-34)40(37-19-8-15-31(27-37)29-11-4-2-5-12-29)38-20-9-16-32(28-38)30-13-6-3-7-14-30/h2-16,18-28H,17H2,1H3. The first-order chi connectivity index (χ1) is 21.1. The Morgan fingerprint density at radius 2 is 1.09 bits per heavy atom. The normalized spacial score (nSPS) is 12.6. The summed E-state index contributed by atoms with van der Waals surface area (Å²) in [5.74, 6) is 0. The fourth-order valence-electron chi connectivity index (χ4n) is 5.32. The number of anilines is 4. The maximum absolute atomic E-state index is 11.2. The summed E-state index contributed by atoms with van der Waals surface area (Å²) < 4.78 is 0. The molecule has 6 rings (SSSR count). The molecule has 5 aromatic carbocycles. The van der Waals surface area contributed by atoms with E-state index in [-0.39, 0.29) is 10.6 Å². The summed E-state index contributed by atoms with van der Waals surface area (Å²) in [7, 11) is 1.99. The molecule has 5 nitrogen and oxygen atoms in total. The predicted octanol–water partition coefficient (Wildman–Crippen LogP) is 9.93. The van der Waals surface area contributed by atoms with Crippen LogP contribution in [0.1, 0.15) is 6.42 Å². The second kappa shape index (κ2) is 12.5. The molecule has 0 saturated heterocycles. The van der Waals surface area contributed by atoms with Crippen LogP contribution in [0, 0.1) is 10.1 Å². The molecule has 0 bridgehead atoms. The molecule has 0 saturated carbocycles. The molecular formula is C38H31N3O2. The van der Waals surface area contributed by atoms with Crippen molar-refractivity contribution in [3.05, 3.63) is 179 Å². The van der Waals surface area contributed by atoms with Crippen LogP contribution in [0.25, 0.3) is 22.3 Å². The van der Waals surface area contributed by atoms with Gasteiger partial charge in [0.2, 0.25) is 0 Å². The van der Waals surface area contributed by atoms with Crippen molar-refractivity contribution in [1.82, 2.24) is 0 Å². The zero-order valence-corrected chi connectivity index (χ0v) is 23.9. The molecule has 210 valence electrons. The Bertz CT molecular complexity index is 1740. The molecule has 0 heterocycles. The third kappa shape index (κ3) is 6.16. The minimum absolute atomic E-state index is 0.0878. The van der Waals surface area contributed by atoms with Gasteiger partial charge in [-0.05, 0) is 76.9 Å². The van der Waals surface area contributed by atoms with Crippen LogP contribution in [0.15, 0.2) is 169 Å². The lowest BCUT2D eigenvalue weighted by molar-refractivity contribution is -0.419. The topological polar surface area (TPSA) is 49.6 Å². The number of rotatable bonds is 8. The predicted molar refractivity (Wildman–Crippen MR) is 177 cm³/mol. The van der Waals surface area contributed by atoms with Crippen LogP contribution in [0.2, 0.25) is 0 Å². The molecule has 1 aliphatic carbocycles. The van der Waals surface area contributed by atoms with Gasteiger partial charge in [-0.15, -0.1) is 0 Å². The summed E-state index contributed by atoms with van der Waals surface area (Å²) in [5.41, 5.74) is 9.83. The van der Waals surface area contributed by atoms with E-state index in [0.717, 1.165) is 39.6 Å². The molecule has 43 heavy (non-hydrogen) atoms. The van der Waals surface area contributed by atoms with Gasteiger partial charge in [0.1, 0.15) is 0 Å². The second-order valence-corrected chi connectivity index (χ2v) is 10.4. The molecule has 0 unspecified atom stereocenters. The molecule has 0 atom stereocenters. The second-order valence-electron chi connectivity index (χ2n) is 10.4. The zero-order valence-electron chi connectivity index (χ0n) is 23.9. The molecule has 5 aromatic rings. The maximum Gasteiger partial charge on any atom is 0.269 e. The van der Waals surface area contributed by atoms with E-state index in [9.17, 15) is 10.1 Å². The zero-order chi connectivity index (χ0) is 29.6. The van der Waals surface area contributed by atoms with Gasteiger partial charge in [0.25, 0.3) is 5.70 Å². The Labute approximate surface area is 252 Å². The number of benzene rings is 5. The van der Waals surface area contributed by atoms with Crippen LogP contribution in [-0.2, 0) is 0 Å². The van der Waals surface area contributed by atoms with Crippen LogP contribution in [0.5, 0.6) is 0 Å². The number of nitro groups is 1. The van der Waals surface area contributed by atoms with Gasteiger partial charge in [0.05, 0.1) is 4.92 Å². The van der Waals surface area contributed by atoms with E-state index >= 15 is 0 Å². The largest absolute Gasteiger partial charge is 0.348 e. The van der Waals surface area contributed by atoms with Crippen LogP contribution in [0.3, 0.4) is 0 Å². The number of hydrogen-bond donors (Lipinski definition) is 0. The fraction of sp³-hybridized carbons (Fsp3) is 0.0526. The number of nitrogens with zero attached hydrogens (tertiary/aromatic N) is 3. The summed E-state index contributed by atoms with van der Waals surface area (Å²) in [6.07, 6.45) is 7.38. The van der Waals surface area contributed by atoms with Gasteiger partial charge in [0.15, 0.2) is 0 Å². The Morgan fingerprint density at radius 1 is 0.581 bits per heavy atom. The molecule has 1 aliphatic rings. The van der Waals surface area contributed by atoms with Crippen molar-refractivity contribution in [2.75, 3.05) is 16.8 Å². The van der Waals surface area contributed by atoms with Crippen LogP contribution >= 0.6 is 0 Å². The van der Waals surface area contributed by atoms with E-state index in [0.29, 0.717) is 6.42 Å². The summed E-state index contributed by atoms with van der Waals surface area (Å²) in [6, 6.07) is 46.5. The van der Waals surface area contributed by atoms with Gasteiger partial charge in [-0.25, -0.2) is 0 Å². The van der Waals surface area contributed by atoms with Gasteiger partial charge >= 0.3 is 0 Å². The lowest BCUT2D eigenvalue weighted by Gasteiger charge is -2.28. The van der Waals surface area contributed by atoms with E-state index in [4.69, 9.17) is 0 Å². The first-order valence-electron chi connectivity index (χ1n) is 14.2. The van der Waals surface area contributed by atoms with Crippen LogP contribution in [0.4, 0.5) is 22.7 Å². The minimum Gasteiger partial charge on any atom is -0.348 e. The van der Waals surface area contributed by atoms with Crippen LogP contribution < -0.4 is 9.80 Å². The van der Waals surface area contributed by atoms with Crippen molar-refractivity contribution in [3.8, 4) is 22.3 Å². The Morgan fingerprint density at radius 3 is 1.63 bits per heavy atom. The smallest absolute Gasteiger partial charge is 0.269 e. The average Bonchev–Trinajstić information content (AvgIpc) is 3.33. The van der Waals surface area contributed by atoms with Crippen molar-refractivity contribution >= 4 is 22.7 Å². The first kappa shape index (κ1) is 27.5. The maximum atomic E-state index is 11.2. The van der Waals surface area contributed by atoms with E-state index < -0.39 is 0 Å². The third-order valence-corrected chi connectivity index (χ3v) is 7.62. The summed E-state index contributed by atoms with van der Waals surface area (Å²) in [6.45, 7) is 0. The highest BCUT2D eigenvalue weighted by Crippen LogP contribution is 2.39. The molecule has 0 aliphatic heterocycles. The SMILES string of the molecule is CN(C1=CC=C([N+](=O)[O-])C=CC1)c1ccc(N(c2cccc(-c3ccccc3)c2)c2cccc(-c3ccccc3)c2)cc1. The van der Waals surface area contributed by atoms with Crippen molar-refractivity contribution in [2.24, 2.45) is 0 Å². The minimum atomic E-state index is -0.362. The van der Waals surface area contributed by atoms with Gasteiger partial charge < -0.3 is 9.80 Å². The molecular weight excluding hydrogens is 530 g/mol. The van der Waals surface area contributed by atoms with Gasteiger partial charge in [-0.3, -0.25) is 10.1 Å². The summed E-state index contributed by atoms with van der Waals surface area (Å²) >= 11 is 0. The highest BCUT2D eigenvalue weighted by atomic mass is 16.6. The highest BCUT2D eigenvalue weighted by Gasteiger charge is 2.16. The van der Waals surface area contributed by atoms with Gasteiger partial charge in [-0.1, -0.05) is 91.0 Å². The Kier molecular flexibility index (Phi) is 7.96.